The van der Waals surface area contributed by atoms with Crippen LogP contribution >= 0.6 is 0 Å². The third kappa shape index (κ3) is 3.81. The lowest BCUT2D eigenvalue weighted by atomic mass is 9.66. The van der Waals surface area contributed by atoms with Crippen molar-refractivity contribution in [3.8, 4) is 0 Å². The summed E-state index contributed by atoms with van der Waals surface area (Å²) >= 11 is 0. The zero-order valence-corrected chi connectivity index (χ0v) is 21.0. The first-order valence-electron chi connectivity index (χ1n) is 13.1. The highest BCUT2D eigenvalue weighted by atomic mass is 16.2. The van der Waals surface area contributed by atoms with E-state index in [2.05, 4.69) is 34.5 Å². The normalized spacial score (nSPS) is 31.6. The van der Waals surface area contributed by atoms with Gasteiger partial charge in [0.1, 0.15) is 12.1 Å². The summed E-state index contributed by atoms with van der Waals surface area (Å²) in [5.74, 6) is 1.11. The van der Waals surface area contributed by atoms with Crippen molar-refractivity contribution in [2.75, 3.05) is 26.2 Å². The molecular weight excluding hydrogens is 452 g/mol. The molecule has 4 amide bonds. The minimum Gasteiger partial charge on any atom is -0.338 e. The van der Waals surface area contributed by atoms with Gasteiger partial charge < -0.3 is 10.2 Å². The number of nitrogens with zero attached hydrogens (tertiary/aromatic N) is 3. The quantitative estimate of drug-likeness (QED) is 0.659. The Balaban J connectivity index is 1.14. The van der Waals surface area contributed by atoms with Crippen LogP contribution in [0, 0.1) is 24.7 Å². The number of amides is 4. The summed E-state index contributed by atoms with van der Waals surface area (Å²) in [4.78, 5) is 45.4. The van der Waals surface area contributed by atoms with E-state index in [0.29, 0.717) is 17.8 Å². The summed E-state index contributed by atoms with van der Waals surface area (Å²) in [6, 6.07) is 17.9. The van der Waals surface area contributed by atoms with Gasteiger partial charge in [0.15, 0.2) is 0 Å². The van der Waals surface area contributed by atoms with Crippen LogP contribution in [0.5, 0.6) is 0 Å². The van der Waals surface area contributed by atoms with Crippen molar-refractivity contribution in [1.29, 1.82) is 0 Å². The molecule has 0 aromatic heterocycles. The predicted octanol–water partition coefficient (Wildman–Crippen LogP) is 3.13. The molecule has 7 nitrogen and oxygen atoms in total. The lowest BCUT2D eigenvalue weighted by molar-refractivity contribution is -0.147. The minimum atomic E-state index is -1.15. The first-order chi connectivity index (χ1) is 17.3. The maximum absolute atomic E-state index is 13.5. The van der Waals surface area contributed by atoms with Crippen molar-refractivity contribution in [3.05, 3.63) is 71.3 Å². The van der Waals surface area contributed by atoms with Crippen LogP contribution in [0.3, 0.4) is 0 Å². The monoisotopic (exact) mass is 486 g/mol. The zero-order valence-electron chi connectivity index (χ0n) is 21.0. The predicted molar refractivity (Wildman–Crippen MR) is 136 cm³/mol. The number of hydrogen-bond donors (Lipinski definition) is 1. The van der Waals surface area contributed by atoms with E-state index >= 15 is 0 Å². The molecule has 5 fully saturated rings. The summed E-state index contributed by atoms with van der Waals surface area (Å²) in [6.07, 6.45) is 2.17. The van der Waals surface area contributed by atoms with Gasteiger partial charge in [0, 0.05) is 32.2 Å². The number of nitrogens with one attached hydrogen (secondary N) is 1. The number of likely N-dealkylation sites (tertiary alicyclic amines) is 1. The van der Waals surface area contributed by atoms with E-state index < -0.39 is 11.6 Å². The SMILES string of the molecule is Cc1ccc(C2(C)NC(=O)N(CC(=O)N3CC4CCC3C3CN(Cc5ccccc5)CC43)C2=O)cc1. The third-order valence-corrected chi connectivity index (χ3v) is 9.02. The molecule has 1 N–H and O–H groups in total. The van der Waals surface area contributed by atoms with Gasteiger partial charge in [-0.25, -0.2) is 4.79 Å². The van der Waals surface area contributed by atoms with E-state index in [9.17, 15) is 14.4 Å². The number of carbonyl (C=O) groups excluding carboxylic acids is 3. The zero-order chi connectivity index (χ0) is 25.0. The van der Waals surface area contributed by atoms with Crippen LogP contribution < -0.4 is 5.32 Å². The number of carbonyl (C=O) groups is 3. The Morgan fingerprint density at radius 1 is 0.972 bits per heavy atom. The van der Waals surface area contributed by atoms with Gasteiger partial charge in [0.2, 0.25) is 5.91 Å². The number of piperidine rings is 2. The Morgan fingerprint density at radius 3 is 2.44 bits per heavy atom. The maximum Gasteiger partial charge on any atom is 0.325 e. The molecule has 7 rings (SSSR count). The van der Waals surface area contributed by atoms with Crippen LogP contribution in [0.15, 0.2) is 54.6 Å². The fourth-order valence-electron chi connectivity index (χ4n) is 7.07. The Labute approximate surface area is 212 Å². The molecule has 36 heavy (non-hydrogen) atoms. The summed E-state index contributed by atoms with van der Waals surface area (Å²) in [5.41, 5.74) is 1.98. The molecule has 7 heteroatoms. The molecule has 2 aromatic carbocycles. The Bertz CT molecular complexity index is 1180. The molecule has 2 aromatic rings. The molecule has 4 saturated heterocycles. The van der Waals surface area contributed by atoms with Crippen LogP contribution in [0.25, 0.3) is 0 Å². The second kappa shape index (κ2) is 8.73. The number of imide groups is 1. The lowest BCUT2D eigenvalue weighted by Crippen LogP contribution is -2.60. The Morgan fingerprint density at radius 2 is 1.69 bits per heavy atom. The standard InChI is InChI=1S/C29H34N4O3/c1-19-8-11-22(12-9-19)29(2)27(35)33(28(36)30-29)18-26(34)32-15-21-10-13-25(32)24-17-31(16-23(21)24)14-20-6-4-3-5-7-20/h3-9,11-12,21,23-25H,10,13-18H2,1-2H3,(H,30,36). The molecule has 1 saturated carbocycles. The Kier molecular flexibility index (Phi) is 5.63. The average molecular weight is 487 g/mol. The smallest absolute Gasteiger partial charge is 0.325 e. The van der Waals surface area contributed by atoms with Crippen molar-refractivity contribution in [1.82, 2.24) is 20.0 Å². The topological polar surface area (TPSA) is 73.0 Å². The number of aryl methyl sites for hydroxylation is 1. The van der Waals surface area contributed by atoms with E-state index in [0.717, 1.165) is 55.0 Å². The molecule has 1 aliphatic carbocycles. The van der Waals surface area contributed by atoms with Gasteiger partial charge >= 0.3 is 6.03 Å². The fourth-order valence-corrected chi connectivity index (χ4v) is 7.07. The van der Waals surface area contributed by atoms with Crippen molar-refractivity contribution in [2.24, 2.45) is 17.8 Å². The van der Waals surface area contributed by atoms with Gasteiger partial charge in [-0.05, 0) is 55.6 Å². The van der Waals surface area contributed by atoms with Gasteiger partial charge in [-0.2, -0.15) is 0 Å². The van der Waals surface area contributed by atoms with Gasteiger partial charge in [-0.3, -0.25) is 19.4 Å². The van der Waals surface area contributed by atoms with Crippen LogP contribution in [0.2, 0.25) is 0 Å². The Hall–Kier alpha value is -3.19. The van der Waals surface area contributed by atoms with Gasteiger partial charge in [-0.1, -0.05) is 60.2 Å². The molecule has 4 aliphatic heterocycles. The molecule has 0 spiro atoms. The van der Waals surface area contributed by atoms with Crippen molar-refractivity contribution in [3.63, 3.8) is 0 Å². The van der Waals surface area contributed by atoms with Crippen LogP contribution in [-0.2, 0) is 21.7 Å². The number of urea groups is 1. The van der Waals surface area contributed by atoms with E-state index in [4.69, 9.17) is 0 Å². The maximum atomic E-state index is 13.5. The highest BCUT2D eigenvalue weighted by Crippen LogP contribution is 2.47. The molecular formula is C29H34N4O3. The largest absolute Gasteiger partial charge is 0.338 e. The van der Waals surface area contributed by atoms with E-state index in [1.54, 1.807) is 6.92 Å². The first kappa shape index (κ1) is 23.2. The molecule has 0 radical (unpaired) electrons. The van der Waals surface area contributed by atoms with E-state index in [1.165, 1.54) is 5.56 Å². The van der Waals surface area contributed by atoms with Gasteiger partial charge in [-0.15, -0.1) is 0 Å². The molecule has 188 valence electrons. The molecule has 5 atom stereocenters. The minimum absolute atomic E-state index is 0.110. The highest BCUT2D eigenvalue weighted by molar-refractivity contribution is 6.09. The van der Waals surface area contributed by atoms with Crippen molar-refractivity contribution < 1.29 is 14.4 Å². The van der Waals surface area contributed by atoms with Gasteiger partial charge in [0.05, 0.1) is 0 Å². The van der Waals surface area contributed by atoms with Gasteiger partial charge in [0.25, 0.3) is 5.91 Å². The number of fused-ring (bicyclic) bond motifs is 2. The number of rotatable bonds is 5. The first-order valence-corrected chi connectivity index (χ1v) is 13.1. The van der Waals surface area contributed by atoms with Crippen LogP contribution in [0.4, 0.5) is 4.79 Å². The lowest BCUT2D eigenvalue weighted by Gasteiger charge is -2.52. The van der Waals surface area contributed by atoms with Crippen LogP contribution in [-0.4, -0.2) is 64.8 Å². The molecule has 4 heterocycles. The van der Waals surface area contributed by atoms with Crippen molar-refractivity contribution in [2.45, 2.75) is 44.8 Å². The summed E-state index contributed by atoms with van der Waals surface area (Å²) in [6.45, 7) is 7.28. The summed E-state index contributed by atoms with van der Waals surface area (Å²) in [7, 11) is 0. The second-order valence-electron chi connectivity index (χ2n) is 11.3. The van der Waals surface area contributed by atoms with Crippen LogP contribution in [0.1, 0.15) is 36.5 Å². The second-order valence-corrected chi connectivity index (χ2v) is 11.3. The van der Waals surface area contributed by atoms with E-state index in [1.807, 2.05) is 42.2 Å². The average Bonchev–Trinajstić information content (AvgIpc) is 3.41. The molecule has 2 bridgehead atoms. The number of hydrogen-bond acceptors (Lipinski definition) is 4. The third-order valence-electron chi connectivity index (χ3n) is 9.02. The fraction of sp³-hybridized carbons (Fsp3) is 0.483. The summed E-state index contributed by atoms with van der Waals surface area (Å²) < 4.78 is 0. The van der Waals surface area contributed by atoms with E-state index in [-0.39, 0.29) is 24.4 Å². The number of benzene rings is 2. The highest BCUT2D eigenvalue weighted by Gasteiger charge is 2.54. The molecule has 5 aliphatic rings. The van der Waals surface area contributed by atoms with Crippen molar-refractivity contribution >= 4 is 17.8 Å². The molecule has 5 unspecified atom stereocenters. The summed E-state index contributed by atoms with van der Waals surface area (Å²) in [5, 5.41) is 2.83.